The van der Waals surface area contributed by atoms with E-state index >= 15 is 0 Å². The van der Waals surface area contributed by atoms with Crippen molar-refractivity contribution in [3.05, 3.63) is 36.2 Å². The topological polar surface area (TPSA) is 92.3 Å². The Kier molecular flexibility index (Phi) is 4.77. The Morgan fingerprint density at radius 1 is 1.25 bits per heavy atom. The summed E-state index contributed by atoms with van der Waals surface area (Å²) in [6.45, 7) is 1.54. The number of piperidine rings is 1. The Labute approximate surface area is 141 Å². The molecular formula is C16H20N4O3S. The number of sulfonamides is 1. The van der Waals surface area contributed by atoms with E-state index in [0.29, 0.717) is 30.8 Å². The maximum absolute atomic E-state index is 12.2. The summed E-state index contributed by atoms with van der Waals surface area (Å²) in [5.41, 5.74) is 1.73. The first kappa shape index (κ1) is 16.8. The minimum Gasteiger partial charge on any atom is -0.350 e. The zero-order chi connectivity index (χ0) is 17.2. The third kappa shape index (κ3) is 3.88. The van der Waals surface area contributed by atoms with Crippen molar-refractivity contribution in [3.63, 3.8) is 0 Å². The van der Waals surface area contributed by atoms with E-state index in [4.69, 9.17) is 0 Å². The Morgan fingerprint density at radius 3 is 2.58 bits per heavy atom. The average Bonchev–Trinajstić information content (AvgIpc) is 2.59. The molecular weight excluding hydrogens is 328 g/mol. The molecule has 1 saturated heterocycles. The molecule has 1 aliphatic rings. The van der Waals surface area contributed by atoms with E-state index in [0.717, 1.165) is 18.4 Å². The van der Waals surface area contributed by atoms with Gasteiger partial charge in [-0.15, -0.1) is 0 Å². The molecule has 8 heteroatoms. The Hall–Kier alpha value is -2.06. The molecule has 7 nitrogen and oxygen atoms in total. The van der Waals surface area contributed by atoms with Crippen LogP contribution in [-0.2, 0) is 10.0 Å². The number of carbonyl (C=O) groups is 1. The minimum absolute atomic E-state index is 0.251. The van der Waals surface area contributed by atoms with Gasteiger partial charge in [0, 0.05) is 19.6 Å². The first-order chi connectivity index (χ1) is 11.4. The molecule has 1 fully saturated rings. The van der Waals surface area contributed by atoms with Gasteiger partial charge < -0.3 is 5.32 Å². The van der Waals surface area contributed by atoms with E-state index < -0.39 is 10.0 Å². The highest BCUT2D eigenvalue weighted by molar-refractivity contribution is 7.88. The molecule has 128 valence electrons. The molecule has 1 N–H and O–H groups in total. The lowest BCUT2D eigenvalue weighted by molar-refractivity contribution is 0.0936. The van der Waals surface area contributed by atoms with Gasteiger partial charge in [0.1, 0.15) is 5.69 Å². The standard InChI is InChI=1S/C16H20N4O3S/c1-24(22,23)20-8-6-12(7-9-20)10-18-16(21)15-11-17-13-4-2-3-5-14(13)19-15/h2-5,11-12H,6-10H2,1H3,(H,18,21). The lowest BCUT2D eigenvalue weighted by atomic mass is 9.98. The van der Waals surface area contributed by atoms with Gasteiger partial charge in [0.05, 0.1) is 23.5 Å². The van der Waals surface area contributed by atoms with Gasteiger partial charge >= 0.3 is 0 Å². The lowest BCUT2D eigenvalue weighted by Gasteiger charge is -2.30. The minimum atomic E-state index is -3.12. The molecule has 0 unspecified atom stereocenters. The van der Waals surface area contributed by atoms with Crippen LogP contribution >= 0.6 is 0 Å². The summed E-state index contributed by atoms with van der Waals surface area (Å²) in [7, 11) is -3.12. The molecule has 2 aromatic rings. The largest absolute Gasteiger partial charge is 0.350 e. The van der Waals surface area contributed by atoms with Gasteiger partial charge in [-0.2, -0.15) is 0 Å². The predicted molar refractivity (Wildman–Crippen MR) is 91.0 cm³/mol. The van der Waals surface area contributed by atoms with Crippen LogP contribution in [0.2, 0.25) is 0 Å². The number of nitrogens with one attached hydrogen (secondary N) is 1. The maximum Gasteiger partial charge on any atom is 0.271 e. The number of nitrogens with zero attached hydrogens (tertiary/aromatic N) is 3. The van der Waals surface area contributed by atoms with E-state index in [9.17, 15) is 13.2 Å². The number of benzene rings is 1. The molecule has 1 amide bonds. The molecule has 2 heterocycles. The maximum atomic E-state index is 12.2. The second-order valence-electron chi connectivity index (χ2n) is 6.06. The third-order valence-corrected chi connectivity index (χ3v) is 5.58. The van der Waals surface area contributed by atoms with Crippen molar-refractivity contribution < 1.29 is 13.2 Å². The molecule has 0 aliphatic carbocycles. The molecule has 0 atom stereocenters. The van der Waals surface area contributed by atoms with Gasteiger partial charge in [0.15, 0.2) is 0 Å². The molecule has 1 aliphatic heterocycles. The normalized spacial score (nSPS) is 17.0. The quantitative estimate of drug-likeness (QED) is 0.891. The van der Waals surface area contributed by atoms with Gasteiger partial charge in [-0.1, -0.05) is 12.1 Å². The van der Waals surface area contributed by atoms with Crippen LogP contribution in [0, 0.1) is 5.92 Å². The zero-order valence-electron chi connectivity index (χ0n) is 13.5. The van der Waals surface area contributed by atoms with Gasteiger partial charge in [0.25, 0.3) is 5.91 Å². The van der Waals surface area contributed by atoms with Gasteiger partial charge in [-0.05, 0) is 30.9 Å². The molecule has 0 spiro atoms. The number of amides is 1. The predicted octanol–water partition coefficient (Wildman–Crippen LogP) is 1.03. The van der Waals surface area contributed by atoms with E-state index in [1.807, 2.05) is 24.3 Å². The van der Waals surface area contributed by atoms with Crippen molar-refractivity contribution >= 4 is 27.0 Å². The van der Waals surface area contributed by atoms with Crippen LogP contribution in [0.1, 0.15) is 23.3 Å². The van der Waals surface area contributed by atoms with Crippen LogP contribution in [0.5, 0.6) is 0 Å². The van der Waals surface area contributed by atoms with Crippen LogP contribution in [0.15, 0.2) is 30.5 Å². The number of hydrogen-bond acceptors (Lipinski definition) is 5. The fraction of sp³-hybridized carbons (Fsp3) is 0.438. The average molecular weight is 348 g/mol. The summed E-state index contributed by atoms with van der Waals surface area (Å²) in [5.74, 6) is 0.0270. The SMILES string of the molecule is CS(=O)(=O)N1CCC(CNC(=O)c2cnc3ccccc3n2)CC1. The highest BCUT2D eigenvalue weighted by atomic mass is 32.2. The van der Waals surface area contributed by atoms with Gasteiger partial charge in [0.2, 0.25) is 10.0 Å². The second-order valence-corrected chi connectivity index (χ2v) is 8.04. The highest BCUT2D eigenvalue weighted by Crippen LogP contribution is 2.18. The molecule has 0 saturated carbocycles. The van der Waals surface area contributed by atoms with E-state index in [1.165, 1.54) is 16.8 Å². The molecule has 1 aromatic carbocycles. The first-order valence-electron chi connectivity index (χ1n) is 7.88. The molecule has 3 rings (SSSR count). The van der Waals surface area contributed by atoms with Crippen molar-refractivity contribution in [1.82, 2.24) is 19.6 Å². The monoisotopic (exact) mass is 348 g/mol. The Morgan fingerprint density at radius 2 is 1.92 bits per heavy atom. The van der Waals surface area contributed by atoms with Crippen LogP contribution in [0.25, 0.3) is 11.0 Å². The molecule has 1 aromatic heterocycles. The highest BCUT2D eigenvalue weighted by Gasteiger charge is 2.25. The number of fused-ring (bicyclic) bond motifs is 1. The van der Waals surface area contributed by atoms with E-state index in [-0.39, 0.29) is 11.8 Å². The Balaban J connectivity index is 1.56. The molecule has 0 radical (unpaired) electrons. The summed E-state index contributed by atoms with van der Waals surface area (Å²) in [6, 6.07) is 7.40. The summed E-state index contributed by atoms with van der Waals surface area (Å²) in [5, 5.41) is 2.88. The first-order valence-corrected chi connectivity index (χ1v) is 9.73. The van der Waals surface area contributed by atoms with Crippen molar-refractivity contribution in [2.75, 3.05) is 25.9 Å². The van der Waals surface area contributed by atoms with Crippen LogP contribution < -0.4 is 5.32 Å². The van der Waals surface area contributed by atoms with Crippen molar-refractivity contribution in [1.29, 1.82) is 0 Å². The van der Waals surface area contributed by atoms with E-state index in [1.54, 1.807) is 0 Å². The lowest BCUT2D eigenvalue weighted by Crippen LogP contribution is -2.41. The summed E-state index contributed by atoms with van der Waals surface area (Å²) in [4.78, 5) is 20.8. The summed E-state index contributed by atoms with van der Waals surface area (Å²) < 4.78 is 24.5. The van der Waals surface area contributed by atoms with Crippen LogP contribution in [0.3, 0.4) is 0 Å². The summed E-state index contributed by atoms with van der Waals surface area (Å²) in [6.07, 6.45) is 4.20. The molecule has 0 bridgehead atoms. The fourth-order valence-corrected chi connectivity index (χ4v) is 3.71. The third-order valence-electron chi connectivity index (χ3n) is 4.28. The van der Waals surface area contributed by atoms with Crippen LogP contribution in [-0.4, -0.2) is 54.5 Å². The second kappa shape index (κ2) is 6.82. The van der Waals surface area contributed by atoms with Crippen molar-refractivity contribution in [3.8, 4) is 0 Å². The Bertz CT molecular complexity index is 845. The van der Waals surface area contributed by atoms with Crippen molar-refractivity contribution in [2.24, 2.45) is 5.92 Å². The summed E-state index contributed by atoms with van der Waals surface area (Å²) >= 11 is 0. The van der Waals surface area contributed by atoms with Crippen LogP contribution in [0.4, 0.5) is 0 Å². The van der Waals surface area contributed by atoms with Crippen molar-refractivity contribution in [2.45, 2.75) is 12.8 Å². The van der Waals surface area contributed by atoms with Gasteiger partial charge in [-0.3, -0.25) is 9.78 Å². The number of aromatic nitrogens is 2. The number of carbonyl (C=O) groups excluding carboxylic acids is 1. The fourth-order valence-electron chi connectivity index (χ4n) is 2.84. The zero-order valence-corrected chi connectivity index (χ0v) is 14.3. The number of rotatable bonds is 4. The van der Waals surface area contributed by atoms with E-state index in [2.05, 4.69) is 15.3 Å². The number of hydrogen-bond donors (Lipinski definition) is 1. The molecule has 24 heavy (non-hydrogen) atoms. The number of para-hydroxylation sites is 2. The van der Waals surface area contributed by atoms with Gasteiger partial charge in [-0.25, -0.2) is 17.7 Å². The smallest absolute Gasteiger partial charge is 0.271 e.